The van der Waals surface area contributed by atoms with E-state index in [4.69, 9.17) is 14.7 Å². The van der Waals surface area contributed by atoms with Gasteiger partial charge in [-0.25, -0.2) is 5.43 Å². The van der Waals surface area contributed by atoms with Crippen LogP contribution in [0.2, 0.25) is 0 Å². The lowest BCUT2D eigenvalue weighted by molar-refractivity contribution is 0.472. The average molecular weight is 242 g/mol. The molecule has 0 aliphatic carbocycles. The highest BCUT2D eigenvalue weighted by molar-refractivity contribution is 5.78. The quantitative estimate of drug-likeness (QED) is 0.547. The van der Waals surface area contributed by atoms with Gasteiger partial charge >= 0.3 is 0 Å². The van der Waals surface area contributed by atoms with Crippen LogP contribution >= 0.6 is 0 Å². The van der Waals surface area contributed by atoms with Gasteiger partial charge in [0.05, 0.1) is 12.5 Å². The van der Waals surface area contributed by atoms with Crippen LogP contribution in [0.25, 0.3) is 11.0 Å². The first-order chi connectivity index (χ1) is 8.78. The normalized spacial score (nSPS) is 13.0. The average Bonchev–Trinajstić information content (AvgIpc) is 2.98. The van der Waals surface area contributed by atoms with Gasteiger partial charge in [-0.05, 0) is 31.2 Å². The molecule has 0 spiro atoms. The van der Waals surface area contributed by atoms with E-state index in [1.54, 1.807) is 12.5 Å². The number of fused-ring (bicyclic) bond motifs is 1. The van der Waals surface area contributed by atoms with Crippen LogP contribution in [0.3, 0.4) is 0 Å². The van der Waals surface area contributed by atoms with Crippen molar-refractivity contribution < 1.29 is 8.83 Å². The molecule has 0 saturated heterocycles. The topological polar surface area (TPSA) is 64.3 Å². The minimum atomic E-state index is -0.198. The maximum absolute atomic E-state index is 5.82. The Morgan fingerprint density at radius 3 is 2.83 bits per heavy atom. The summed E-state index contributed by atoms with van der Waals surface area (Å²) >= 11 is 0. The van der Waals surface area contributed by atoms with Crippen molar-refractivity contribution in [3.05, 3.63) is 59.7 Å². The molecule has 92 valence electrons. The Kier molecular flexibility index (Phi) is 2.66. The molecule has 2 heterocycles. The maximum Gasteiger partial charge on any atom is 0.134 e. The predicted molar refractivity (Wildman–Crippen MR) is 68.8 cm³/mol. The number of hydrogen-bond acceptors (Lipinski definition) is 4. The second-order valence-corrected chi connectivity index (χ2v) is 4.35. The summed E-state index contributed by atoms with van der Waals surface area (Å²) in [6.45, 7) is 2.06. The van der Waals surface area contributed by atoms with Crippen LogP contribution in [0.4, 0.5) is 0 Å². The fraction of sp³-hybridized carbons (Fsp3) is 0.143. The molecule has 18 heavy (non-hydrogen) atoms. The van der Waals surface area contributed by atoms with Crippen LogP contribution in [0, 0.1) is 6.92 Å². The van der Waals surface area contributed by atoms with Gasteiger partial charge in [0.25, 0.3) is 0 Å². The monoisotopic (exact) mass is 242 g/mol. The molecule has 3 N–H and O–H groups in total. The minimum absolute atomic E-state index is 0.198. The first kappa shape index (κ1) is 11.1. The molecular weight excluding hydrogens is 228 g/mol. The number of rotatable bonds is 3. The van der Waals surface area contributed by atoms with Crippen molar-refractivity contribution in [1.82, 2.24) is 5.43 Å². The molecule has 1 unspecified atom stereocenters. The van der Waals surface area contributed by atoms with Gasteiger partial charge in [-0.15, -0.1) is 0 Å². The lowest BCUT2D eigenvalue weighted by atomic mass is 10.1. The van der Waals surface area contributed by atoms with Crippen LogP contribution in [-0.2, 0) is 0 Å². The number of aryl methyl sites for hydroxylation is 1. The van der Waals surface area contributed by atoms with Gasteiger partial charge in [0.2, 0.25) is 0 Å². The highest BCUT2D eigenvalue weighted by atomic mass is 16.3. The van der Waals surface area contributed by atoms with Crippen molar-refractivity contribution in [2.24, 2.45) is 5.84 Å². The second kappa shape index (κ2) is 4.33. The fourth-order valence-electron chi connectivity index (χ4n) is 2.11. The number of hydrazine groups is 1. The molecule has 3 rings (SSSR count). The molecule has 0 aliphatic rings. The molecule has 1 atom stereocenters. The Hall–Kier alpha value is -2.04. The maximum atomic E-state index is 5.82. The summed E-state index contributed by atoms with van der Waals surface area (Å²) in [4.78, 5) is 0. The highest BCUT2D eigenvalue weighted by Gasteiger charge is 2.18. The lowest BCUT2D eigenvalue weighted by Crippen LogP contribution is -2.28. The summed E-state index contributed by atoms with van der Waals surface area (Å²) < 4.78 is 10.9. The van der Waals surface area contributed by atoms with E-state index in [1.165, 1.54) is 5.56 Å². The number of nitrogens with one attached hydrogen (secondary N) is 1. The smallest absolute Gasteiger partial charge is 0.134 e. The predicted octanol–water partition coefficient (Wildman–Crippen LogP) is 2.89. The van der Waals surface area contributed by atoms with Crippen molar-refractivity contribution >= 4 is 11.0 Å². The van der Waals surface area contributed by atoms with Crippen molar-refractivity contribution in [2.45, 2.75) is 13.0 Å². The molecule has 4 nitrogen and oxygen atoms in total. The minimum Gasteiger partial charge on any atom is -0.472 e. The van der Waals surface area contributed by atoms with E-state index in [0.717, 1.165) is 22.3 Å². The third kappa shape index (κ3) is 1.81. The van der Waals surface area contributed by atoms with E-state index >= 15 is 0 Å². The third-order valence-corrected chi connectivity index (χ3v) is 3.02. The standard InChI is InChI=1S/C14H14N2O2/c1-9-2-3-12-11(6-9)7-13(18-12)14(16-15)10-4-5-17-8-10/h2-8,14,16H,15H2,1H3. The number of benzene rings is 1. The van der Waals surface area contributed by atoms with Crippen molar-refractivity contribution in [1.29, 1.82) is 0 Å². The van der Waals surface area contributed by atoms with E-state index in [0.29, 0.717) is 0 Å². The molecule has 2 aromatic heterocycles. The Morgan fingerprint density at radius 1 is 1.22 bits per heavy atom. The van der Waals surface area contributed by atoms with Crippen LogP contribution < -0.4 is 11.3 Å². The van der Waals surface area contributed by atoms with Gasteiger partial charge in [0.15, 0.2) is 0 Å². The Labute approximate surface area is 104 Å². The second-order valence-electron chi connectivity index (χ2n) is 4.35. The zero-order valence-corrected chi connectivity index (χ0v) is 10.0. The van der Waals surface area contributed by atoms with Crippen molar-refractivity contribution in [3.8, 4) is 0 Å². The van der Waals surface area contributed by atoms with Crippen molar-refractivity contribution in [3.63, 3.8) is 0 Å². The number of furan rings is 2. The molecule has 4 heteroatoms. The van der Waals surface area contributed by atoms with Gasteiger partial charge in [-0.1, -0.05) is 11.6 Å². The Bertz CT molecular complexity index is 656. The Morgan fingerprint density at radius 2 is 2.11 bits per heavy atom. The molecular formula is C14H14N2O2. The molecule has 0 fully saturated rings. The van der Waals surface area contributed by atoms with Gasteiger partial charge in [0.1, 0.15) is 17.4 Å². The summed E-state index contributed by atoms with van der Waals surface area (Å²) in [6, 6.07) is 9.75. The first-order valence-corrected chi connectivity index (χ1v) is 5.76. The first-order valence-electron chi connectivity index (χ1n) is 5.76. The van der Waals surface area contributed by atoms with E-state index in [-0.39, 0.29) is 6.04 Å². The molecule has 1 aromatic carbocycles. The van der Waals surface area contributed by atoms with E-state index in [2.05, 4.69) is 18.4 Å². The molecule has 0 radical (unpaired) electrons. The van der Waals surface area contributed by atoms with E-state index in [1.807, 2.05) is 24.3 Å². The van der Waals surface area contributed by atoms with Gasteiger partial charge < -0.3 is 8.83 Å². The summed E-state index contributed by atoms with van der Waals surface area (Å²) in [5.74, 6) is 6.37. The summed E-state index contributed by atoms with van der Waals surface area (Å²) in [5.41, 5.74) is 5.75. The zero-order chi connectivity index (χ0) is 12.5. The number of hydrogen-bond donors (Lipinski definition) is 2. The van der Waals surface area contributed by atoms with Gasteiger partial charge in [-0.2, -0.15) is 0 Å². The Balaban J connectivity index is 2.07. The molecule has 0 saturated carbocycles. The SMILES string of the molecule is Cc1ccc2oc(C(NN)c3ccoc3)cc2c1. The van der Waals surface area contributed by atoms with Gasteiger partial charge in [0, 0.05) is 10.9 Å². The van der Waals surface area contributed by atoms with Crippen LogP contribution in [0.15, 0.2) is 51.7 Å². The third-order valence-electron chi connectivity index (χ3n) is 3.02. The summed E-state index contributed by atoms with van der Waals surface area (Å²) in [6.07, 6.45) is 3.27. The zero-order valence-electron chi connectivity index (χ0n) is 10.0. The lowest BCUT2D eigenvalue weighted by Gasteiger charge is -2.10. The van der Waals surface area contributed by atoms with Crippen LogP contribution in [0.1, 0.15) is 22.9 Å². The van der Waals surface area contributed by atoms with Gasteiger partial charge in [-0.3, -0.25) is 5.84 Å². The van der Waals surface area contributed by atoms with Crippen LogP contribution in [0.5, 0.6) is 0 Å². The summed E-state index contributed by atoms with van der Waals surface area (Å²) in [7, 11) is 0. The molecule has 0 bridgehead atoms. The van der Waals surface area contributed by atoms with E-state index < -0.39 is 0 Å². The molecule has 3 aromatic rings. The fourth-order valence-corrected chi connectivity index (χ4v) is 2.11. The number of nitrogens with two attached hydrogens (primary N) is 1. The van der Waals surface area contributed by atoms with E-state index in [9.17, 15) is 0 Å². The molecule has 0 aliphatic heterocycles. The summed E-state index contributed by atoms with van der Waals surface area (Å²) in [5, 5.41) is 1.08. The van der Waals surface area contributed by atoms with Crippen molar-refractivity contribution in [2.75, 3.05) is 0 Å². The van der Waals surface area contributed by atoms with Crippen LogP contribution in [-0.4, -0.2) is 0 Å². The largest absolute Gasteiger partial charge is 0.472 e. The molecule has 0 amide bonds. The highest BCUT2D eigenvalue weighted by Crippen LogP contribution is 2.28.